The highest BCUT2D eigenvalue weighted by Gasteiger charge is 2.08. The van der Waals surface area contributed by atoms with Gasteiger partial charge < -0.3 is 4.74 Å². The molecule has 0 aliphatic heterocycles. The molecule has 1 N–H and O–H groups in total. The third-order valence-electron chi connectivity index (χ3n) is 3.32. The van der Waals surface area contributed by atoms with Crippen LogP contribution in [-0.4, -0.2) is 29.0 Å². The van der Waals surface area contributed by atoms with Gasteiger partial charge in [-0.05, 0) is 43.0 Å². The second-order valence-corrected chi connectivity index (χ2v) is 5.82. The molecule has 0 aliphatic carbocycles. The lowest BCUT2D eigenvalue weighted by Gasteiger charge is -2.08. The van der Waals surface area contributed by atoms with Gasteiger partial charge >= 0.3 is 0 Å². The van der Waals surface area contributed by atoms with Gasteiger partial charge in [-0.3, -0.25) is 5.43 Å². The number of hydrazone groups is 1. The van der Waals surface area contributed by atoms with Gasteiger partial charge in [0.05, 0.1) is 23.9 Å². The highest BCUT2D eigenvalue weighted by molar-refractivity contribution is 7.98. The number of thioether (sulfide) groups is 1. The van der Waals surface area contributed by atoms with Crippen molar-refractivity contribution < 1.29 is 4.74 Å². The Morgan fingerprint density at radius 3 is 2.46 bits per heavy atom. The van der Waals surface area contributed by atoms with Crippen LogP contribution in [-0.2, 0) is 0 Å². The van der Waals surface area contributed by atoms with Crippen LogP contribution >= 0.6 is 11.8 Å². The molecule has 0 radical (unpaired) electrons. The third kappa shape index (κ3) is 3.83. The third-order valence-corrected chi connectivity index (χ3v) is 4.06. The maximum atomic E-state index is 5.57. The number of fused-ring (bicyclic) bond motifs is 1. The van der Waals surface area contributed by atoms with Crippen molar-refractivity contribution in [2.45, 2.75) is 11.8 Å². The molecule has 24 heavy (non-hydrogen) atoms. The van der Waals surface area contributed by atoms with Crippen molar-refractivity contribution in [3.8, 4) is 5.88 Å². The summed E-state index contributed by atoms with van der Waals surface area (Å²) >= 11 is 1.71. The van der Waals surface area contributed by atoms with E-state index in [4.69, 9.17) is 4.74 Å². The first-order valence-electron chi connectivity index (χ1n) is 7.63. The molecule has 1 heterocycles. The summed E-state index contributed by atoms with van der Waals surface area (Å²) in [5.74, 6) is 0.957. The number of benzene rings is 2. The fourth-order valence-electron chi connectivity index (χ4n) is 2.15. The second-order valence-electron chi connectivity index (χ2n) is 4.94. The van der Waals surface area contributed by atoms with E-state index in [-0.39, 0.29) is 0 Å². The quantitative estimate of drug-likeness (QED) is 0.415. The molecule has 0 spiro atoms. The maximum absolute atomic E-state index is 5.57. The van der Waals surface area contributed by atoms with E-state index in [9.17, 15) is 0 Å². The number of para-hydroxylation sites is 2. The summed E-state index contributed by atoms with van der Waals surface area (Å²) in [5.41, 5.74) is 5.53. The Morgan fingerprint density at radius 1 is 1.08 bits per heavy atom. The molecule has 3 aromatic rings. The molecule has 0 amide bonds. The van der Waals surface area contributed by atoms with Crippen LogP contribution in [0.4, 0.5) is 5.82 Å². The van der Waals surface area contributed by atoms with Crippen LogP contribution in [0.2, 0.25) is 0 Å². The van der Waals surface area contributed by atoms with Gasteiger partial charge in [-0.25, -0.2) is 9.97 Å². The molecule has 122 valence electrons. The summed E-state index contributed by atoms with van der Waals surface area (Å²) in [6.45, 7) is 2.43. The number of nitrogens with zero attached hydrogens (tertiary/aromatic N) is 3. The molecular formula is C18H18N4OS. The molecule has 6 heteroatoms. The Morgan fingerprint density at radius 2 is 1.79 bits per heavy atom. The van der Waals surface area contributed by atoms with Gasteiger partial charge in [0.2, 0.25) is 5.82 Å². The predicted molar refractivity (Wildman–Crippen MR) is 100 cm³/mol. The Bertz CT molecular complexity index is 849. The molecule has 0 saturated heterocycles. The van der Waals surface area contributed by atoms with Crippen molar-refractivity contribution in [2.75, 3.05) is 18.3 Å². The molecule has 0 bridgehead atoms. The van der Waals surface area contributed by atoms with E-state index in [2.05, 4.69) is 38.9 Å². The molecule has 0 atom stereocenters. The first-order chi connectivity index (χ1) is 11.8. The van der Waals surface area contributed by atoms with Crippen LogP contribution in [0.25, 0.3) is 11.0 Å². The van der Waals surface area contributed by atoms with Gasteiger partial charge in [-0.15, -0.1) is 11.8 Å². The van der Waals surface area contributed by atoms with Crippen LogP contribution < -0.4 is 10.2 Å². The van der Waals surface area contributed by atoms with Gasteiger partial charge in [0.1, 0.15) is 0 Å². The fraction of sp³-hybridized carbons (Fsp3) is 0.167. The van der Waals surface area contributed by atoms with E-state index in [1.807, 2.05) is 43.3 Å². The average Bonchev–Trinajstić information content (AvgIpc) is 2.63. The number of anilines is 1. The summed E-state index contributed by atoms with van der Waals surface area (Å²) in [4.78, 5) is 10.2. The van der Waals surface area contributed by atoms with Crippen molar-refractivity contribution in [1.82, 2.24) is 9.97 Å². The minimum atomic E-state index is 0.450. The highest BCUT2D eigenvalue weighted by Crippen LogP contribution is 2.23. The highest BCUT2D eigenvalue weighted by atomic mass is 32.2. The van der Waals surface area contributed by atoms with Crippen LogP contribution in [0.5, 0.6) is 5.88 Å². The van der Waals surface area contributed by atoms with Crippen LogP contribution in [0, 0.1) is 0 Å². The lowest BCUT2D eigenvalue weighted by Crippen LogP contribution is -2.03. The van der Waals surface area contributed by atoms with Crippen LogP contribution in [0.1, 0.15) is 12.5 Å². The number of nitrogens with one attached hydrogen (secondary N) is 1. The summed E-state index contributed by atoms with van der Waals surface area (Å²) in [6, 6.07) is 15.8. The van der Waals surface area contributed by atoms with Gasteiger partial charge in [0.25, 0.3) is 5.88 Å². The van der Waals surface area contributed by atoms with Gasteiger partial charge in [-0.2, -0.15) is 5.10 Å². The van der Waals surface area contributed by atoms with Crippen molar-refractivity contribution >= 4 is 34.8 Å². The summed E-state index contributed by atoms with van der Waals surface area (Å²) < 4.78 is 5.57. The molecule has 2 aromatic carbocycles. The molecule has 1 aromatic heterocycles. The summed E-state index contributed by atoms with van der Waals surface area (Å²) in [6.07, 6.45) is 3.80. The Balaban J connectivity index is 1.82. The van der Waals surface area contributed by atoms with Gasteiger partial charge in [0, 0.05) is 4.90 Å². The maximum Gasteiger partial charge on any atom is 0.259 e. The zero-order valence-corrected chi connectivity index (χ0v) is 14.4. The fourth-order valence-corrected chi connectivity index (χ4v) is 2.56. The normalized spacial score (nSPS) is 11.1. The second kappa shape index (κ2) is 7.79. The number of rotatable bonds is 6. The van der Waals surface area contributed by atoms with E-state index in [0.29, 0.717) is 18.3 Å². The average molecular weight is 338 g/mol. The first kappa shape index (κ1) is 16.3. The van der Waals surface area contributed by atoms with Gasteiger partial charge in [0.15, 0.2) is 0 Å². The lowest BCUT2D eigenvalue weighted by molar-refractivity contribution is 0.328. The van der Waals surface area contributed by atoms with Crippen LogP contribution in [0.3, 0.4) is 0 Å². The smallest absolute Gasteiger partial charge is 0.259 e. The molecule has 5 nitrogen and oxygen atoms in total. The van der Waals surface area contributed by atoms with E-state index >= 15 is 0 Å². The van der Waals surface area contributed by atoms with E-state index in [0.717, 1.165) is 16.6 Å². The molecule has 0 aliphatic rings. The number of aromatic nitrogens is 2. The lowest BCUT2D eigenvalue weighted by atomic mass is 10.2. The van der Waals surface area contributed by atoms with Crippen molar-refractivity contribution in [3.63, 3.8) is 0 Å². The monoisotopic (exact) mass is 338 g/mol. The zero-order chi connectivity index (χ0) is 16.8. The minimum Gasteiger partial charge on any atom is -0.475 e. The molecule has 3 rings (SSSR count). The zero-order valence-electron chi connectivity index (χ0n) is 13.6. The number of ether oxygens (including phenoxy) is 1. The standard InChI is InChI=1S/C18H18N4OS/c1-3-23-18-17(20-15-6-4-5-7-16(15)21-18)22-19-12-13-8-10-14(24-2)11-9-13/h4-12H,3H2,1-2H3,(H,20,22)/b19-12+. The van der Waals surface area contributed by atoms with E-state index in [1.165, 1.54) is 4.90 Å². The Hall–Kier alpha value is -2.60. The summed E-state index contributed by atoms with van der Waals surface area (Å²) in [7, 11) is 0. The largest absolute Gasteiger partial charge is 0.475 e. The van der Waals surface area contributed by atoms with Crippen LogP contribution in [0.15, 0.2) is 58.5 Å². The molecular weight excluding hydrogens is 320 g/mol. The van der Waals surface area contributed by atoms with Crippen molar-refractivity contribution in [3.05, 3.63) is 54.1 Å². The van der Waals surface area contributed by atoms with Gasteiger partial charge in [-0.1, -0.05) is 24.3 Å². The van der Waals surface area contributed by atoms with E-state index < -0.39 is 0 Å². The summed E-state index contributed by atoms with van der Waals surface area (Å²) in [5, 5.41) is 4.25. The van der Waals surface area contributed by atoms with Crippen molar-refractivity contribution in [1.29, 1.82) is 0 Å². The molecule has 0 saturated carbocycles. The number of hydrogen-bond donors (Lipinski definition) is 1. The van der Waals surface area contributed by atoms with Crippen molar-refractivity contribution in [2.24, 2.45) is 5.10 Å². The van der Waals surface area contributed by atoms with E-state index in [1.54, 1.807) is 18.0 Å². The number of hydrogen-bond acceptors (Lipinski definition) is 6. The molecule has 0 fully saturated rings. The minimum absolute atomic E-state index is 0.450. The Kier molecular flexibility index (Phi) is 5.28. The Labute approximate surface area is 145 Å². The first-order valence-corrected chi connectivity index (χ1v) is 8.85. The predicted octanol–water partition coefficient (Wildman–Crippen LogP) is 4.20. The SMILES string of the molecule is CCOc1nc2ccccc2nc1N/N=C/c1ccc(SC)cc1. The molecule has 0 unspecified atom stereocenters. The topological polar surface area (TPSA) is 59.4 Å².